The van der Waals surface area contributed by atoms with Crippen molar-refractivity contribution in [3.63, 3.8) is 0 Å². The van der Waals surface area contributed by atoms with E-state index in [0.717, 1.165) is 60.5 Å². The van der Waals surface area contributed by atoms with Crippen LogP contribution in [0.1, 0.15) is 0 Å². The summed E-state index contributed by atoms with van der Waals surface area (Å²) in [5.41, 5.74) is 6.70. The molecule has 9 rings (SSSR count). The molecule has 0 saturated carbocycles. The number of aromatic nitrogens is 4. The summed E-state index contributed by atoms with van der Waals surface area (Å²) in [4.78, 5) is 19.9. The van der Waals surface area contributed by atoms with Crippen LogP contribution < -0.4 is 0 Å². The fourth-order valence-electron chi connectivity index (χ4n) is 5.85. The minimum Gasteiger partial charge on any atom is -0.456 e. The third kappa shape index (κ3) is 3.96. The highest BCUT2D eigenvalue weighted by molar-refractivity contribution is 6.11. The van der Waals surface area contributed by atoms with Gasteiger partial charge < -0.3 is 8.83 Å². The number of fused-ring (bicyclic) bond motifs is 6. The van der Waals surface area contributed by atoms with E-state index in [1.165, 1.54) is 0 Å². The summed E-state index contributed by atoms with van der Waals surface area (Å²) < 4.78 is 12.5. The first-order chi connectivity index (χ1) is 21.8. The molecule has 0 aliphatic carbocycles. The Hall–Kier alpha value is -6.14. The van der Waals surface area contributed by atoms with Gasteiger partial charge in [-0.1, -0.05) is 91.0 Å². The molecule has 9 aromatic rings. The van der Waals surface area contributed by atoms with E-state index in [1.807, 2.05) is 109 Å². The lowest BCUT2D eigenvalue weighted by Gasteiger charge is -2.10. The number of rotatable bonds is 4. The van der Waals surface area contributed by atoms with E-state index in [-0.39, 0.29) is 0 Å². The van der Waals surface area contributed by atoms with E-state index in [2.05, 4.69) is 24.3 Å². The van der Waals surface area contributed by atoms with Gasteiger partial charge in [-0.2, -0.15) is 0 Å². The van der Waals surface area contributed by atoms with E-state index in [1.54, 1.807) is 0 Å². The Balaban J connectivity index is 1.29. The molecule has 44 heavy (non-hydrogen) atoms. The molecule has 0 aliphatic heterocycles. The van der Waals surface area contributed by atoms with Gasteiger partial charge in [0.15, 0.2) is 23.1 Å². The van der Waals surface area contributed by atoms with Gasteiger partial charge in [-0.3, -0.25) is 0 Å². The van der Waals surface area contributed by atoms with Gasteiger partial charge in [-0.05, 0) is 47.9 Å². The summed E-state index contributed by atoms with van der Waals surface area (Å²) in [7, 11) is 0. The average Bonchev–Trinajstić information content (AvgIpc) is 3.70. The van der Waals surface area contributed by atoms with E-state index in [4.69, 9.17) is 28.8 Å². The van der Waals surface area contributed by atoms with Gasteiger partial charge in [0.25, 0.3) is 0 Å². The number of benzene rings is 6. The van der Waals surface area contributed by atoms with Gasteiger partial charge in [-0.25, -0.2) is 19.9 Å². The van der Waals surface area contributed by atoms with Crippen LogP contribution in [0, 0.1) is 0 Å². The smallest absolute Gasteiger partial charge is 0.227 e. The minimum absolute atomic E-state index is 0.557. The summed E-state index contributed by atoms with van der Waals surface area (Å²) >= 11 is 0. The predicted molar refractivity (Wildman–Crippen MR) is 174 cm³/mol. The molecule has 0 N–H and O–H groups in total. The van der Waals surface area contributed by atoms with Crippen molar-refractivity contribution in [3.05, 3.63) is 133 Å². The van der Waals surface area contributed by atoms with Crippen molar-refractivity contribution in [1.82, 2.24) is 19.9 Å². The van der Waals surface area contributed by atoms with Crippen LogP contribution in [0.2, 0.25) is 0 Å². The molecule has 6 aromatic carbocycles. The van der Waals surface area contributed by atoms with Crippen molar-refractivity contribution in [2.75, 3.05) is 0 Å². The van der Waals surface area contributed by atoms with E-state index < -0.39 is 0 Å². The number of nitrogens with zero attached hydrogens (tertiary/aromatic N) is 4. The molecule has 0 unspecified atom stereocenters. The van der Waals surface area contributed by atoms with Gasteiger partial charge in [0.2, 0.25) is 5.89 Å². The molecule has 0 atom stereocenters. The lowest BCUT2D eigenvalue weighted by atomic mass is 10.0. The Morgan fingerprint density at radius 3 is 1.98 bits per heavy atom. The quantitative estimate of drug-likeness (QED) is 0.211. The maximum absolute atomic E-state index is 6.45. The molecule has 0 spiro atoms. The molecule has 0 fully saturated rings. The summed E-state index contributed by atoms with van der Waals surface area (Å²) in [5, 5.41) is 3.99. The van der Waals surface area contributed by atoms with Crippen LogP contribution in [0.4, 0.5) is 0 Å². The standard InChI is InChI=1S/C38H22N4O2/c1-3-10-24(11-4-1)35-40-36(26-19-21-32-29(22-26)27-15-7-8-17-31(27)43-32)42-37(41-35)28-16-9-14-23-18-20-30-34(33(23)28)44-38(39-30)25-12-5-2-6-13-25/h1-22H. The lowest BCUT2D eigenvalue weighted by Crippen LogP contribution is -2.00. The van der Waals surface area contributed by atoms with Crippen molar-refractivity contribution in [1.29, 1.82) is 0 Å². The van der Waals surface area contributed by atoms with Gasteiger partial charge in [0.05, 0.1) is 0 Å². The summed E-state index contributed by atoms with van der Waals surface area (Å²) in [6, 6.07) is 44.3. The SMILES string of the molecule is c1ccc(-c2nc(-c3ccc4oc5ccccc5c4c3)nc(-c3cccc4ccc5nc(-c6ccccc6)oc5c34)n2)cc1. The highest BCUT2D eigenvalue weighted by atomic mass is 16.3. The summed E-state index contributed by atoms with van der Waals surface area (Å²) in [5.74, 6) is 2.30. The first kappa shape index (κ1) is 24.5. The molecule has 206 valence electrons. The van der Waals surface area contributed by atoms with Crippen molar-refractivity contribution >= 4 is 43.8 Å². The van der Waals surface area contributed by atoms with Crippen molar-refractivity contribution in [2.45, 2.75) is 0 Å². The minimum atomic E-state index is 0.557. The topological polar surface area (TPSA) is 77.8 Å². The van der Waals surface area contributed by atoms with Crippen LogP contribution in [0.5, 0.6) is 0 Å². The molecular formula is C38H22N4O2. The first-order valence-electron chi connectivity index (χ1n) is 14.4. The maximum atomic E-state index is 6.45. The van der Waals surface area contributed by atoms with Crippen molar-refractivity contribution in [3.8, 4) is 45.6 Å². The zero-order valence-electron chi connectivity index (χ0n) is 23.3. The van der Waals surface area contributed by atoms with Gasteiger partial charge in [-0.15, -0.1) is 0 Å². The van der Waals surface area contributed by atoms with Gasteiger partial charge in [0, 0.05) is 38.4 Å². The molecular weight excluding hydrogens is 544 g/mol. The van der Waals surface area contributed by atoms with E-state index in [9.17, 15) is 0 Å². The van der Waals surface area contributed by atoms with Crippen molar-refractivity contribution < 1.29 is 8.83 Å². The molecule has 0 aliphatic rings. The fourth-order valence-corrected chi connectivity index (χ4v) is 5.85. The monoisotopic (exact) mass is 566 g/mol. The maximum Gasteiger partial charge on any atom is 0.227 e. The second kappa shape index (κ2) is 9.71. The number of furan rings is 1. The first-order valence-corrected chi connectivity index (χ1v) is 14.4. The molecule has 0 bridgehead atoms. The largest absolute Gasteiger partial charge is 0.456 e. The fraction of sp³-hybridized carbons (Fsp3) is 0. The van der Waals surface area contributed by atoms with Crippen LogP contribution in [0.25, 0.3) is 89.4 Å². The van der Waals surface area contributed by atoms with E-state index in [0.29, 0.717) is 28.9 Å². The van der Waals surface area contributed by atoms with Crippen LogP contribution >= 0.6 is 0 Å². The second-order valence-electron chi connectivity index (χ2n) is 10.7. The van der Waals surface area contributed by atoms with Crippen LogP contribution in [0.15, 0.2) is 142 Å². The molecule has 0 amide bonds. The van der Waals surface area contributed by atoms with Crippen LogP contribution in [0.3, 0.4) is 0 Å². The Labute approximate surface area is 251 Å². The zero-order chi connectivity index (χ0) is 29.0. The third-order valence-electron chi connectivity index (χ3n) is 7.96. The van der Waals surface area contributed by atoms with Crippen LogP contribution in [-0.2, 0) is 0 Å². The second-order valence-corrected chi connectivity index (χ2v) is 10.7. The number of para-hydroxylation sites is 1. The Morgan fingerprint density at radius 2 is 1.14 bits per heavy atom. The molecule has 6 heteroatoms. The molecule has 0 saturated heterocycles. The highest BCUT2D eigenvalue weighted by Crippen LogP contribution is 2.37. The van der Waals surface area contributed by atoms with Crippen molar-refractivity contribution in [2.24, 2.45) is 0 Å². The summed E-state index contributed by atoms with van der Waals surface area (Å²) in [6.45, 7) is 0. The number of oxazole rings is 1. The van der Waals surface area contributed by atoms with E-state index >= 15 is 0 Å². The third-order valence-corrected chi connectivity index (χ3v) is 7.96. The van der Waals surface area contributed by atoms with Crippen LogP contribution in [-0.4, -0.2) is 19.9 Å². The molecule has 3 aromatic heterocycles. The lowest BCUT2D eigenvalue weighted by molar-refractivity contribution is 0.623. The molecule has 0 radical (unpaired) electrons. The predicted octanol–water partition coefficient (Wildman–Crippen LogP) is 9.73. The molecule has 6 nitrogen and oxygen atoms in total. The van der Waals surface area contributed by atoms with Gasteiger partial charge in [0.1, 0.15) is 16.7 Å². The Morgan fingerprint density at radius 1 is 0.432 bits per heavy atom. The van der Waals surface area contributed by atoms with Gasteiger partial charge >= 0.3 is 0 Å². The average molecular weight is 567 g/mol. The summed E-state index contributed by atoms with van der Waals surface area (Å²) in [6.07, 6.45) is 0. The Kier molecular flexibility index (Phi) is 5.40. The zero-order valence-corrected chi connectivity index (χ0v) is 23.3. The molecule has 3 heterocycles. The number of hydrogen-bond acceptors (Lipinski definition) is 6. The number of hydrogen-bond donors (Lipinski definition) is 0. The Bertz CT molecular complexity index is 2500. The highest BCUT2D eigenvalue weighted by Gasteiger charge is 2.19. The normalized spacial score (nSPS) is 11.6.